The molecule has 2 saturated carbocycles. The van der Waals surface area contributed by atoms with Crippen molar-refractivity contribution in [1.82, 2.24) is 0 Å². The fourth-order valence-corrected chi connectivity index (χ4v) is 1.66. The number of hydrogen-bond donors (Lipinski definition) is 2. The lowest BCUT2D eigenvalue weighted by molar-refractivity contribution is 0.826. The second-order valence-electron chi connectivity index (χ2n) is 3.59. The summed E-state index contributed by atoms with van der Waals surface area (Å²) in [6, 6.07) is 0. The molecule has 2 fully saturated rings. The lowest BCUT2D eigenvalue weighted by Crippen LogP contribution is -1.87. The Morgan fingerprint density at radius 3 is 2.33 bits per heavy atom. The molecule has 0 spiro atoms. The average molecular weight is 183 g/mol. The molecule has 2 aliphatic rings. The zero-order valence-electron chi connectivity index (χ0n) is 7.37. The summed E-state index contributed by atoms with van der Waals surface area (Å²) in [5, 5.41) is 4.19. The highest BCUT2D eigenvalue weighted by Crippen LogP contribution is 2.52. The Morgan fingerprint density at radius 1 is 1.42 bits per heavy atom. The van der Waals surface area contributed by atoms with Crippen LogP contribution in [0.4, 0.5) is 0 Å². The second-order valence-corrected chi connectivity index (χ2v) is 3.59. The maximum absolute atomic E-state index is 4.19. The molecule has 0 aromatic carbocycles. The maximum atomic E-state index is 4.19. The Bertz CT molecular complexity index is 184. The number of allylic oxidation sites excluding steroid dienone is 2. The molecule has 12 heavy (non-hydrogen) atoms. The fraction of sp³-hybridized carbons (Fsp3) is 0.600. The Morgan fingerprint density at radius 2 is 2.00 bits per heavy atom. The summed E-state index contributed by atoms with van der Waals surface area (Å²) in [4.78, 5) is 0. The van der Waals surface area contributed by atoms with Gasteiger partial charge in [0.1, 0.15) is 0 Å². The molecule has 2 rings (SSSR count). The summed E-state index contributed by atoms with van der Waals surface area (Å²) in [6.07, 6.45) is 6.22. The van der Waals surface area contributed by atoms with Gasteiger partial charge in [-0.1, -0.05) is 18.2 Å². The molecule has 0 bridgehead atoms. The first kappa shape index (κ1) is 9.87. The van der Waals surface area contributed by atoms with Crippen LogP contribution >= 0.6 is 12.8 Å². The van der Waals surface area contributed by atoms with Gasteiger partial charge in [-0.15, -0.1) is 19.4 Å². The van der Waals surface area contributed by atoms with E-state index in [4.69, 9.17) is 0 Å². The third-order valence-electron chi connectivity index (χ3n) is 2.72. The zero-order valence-corrected chi connectivity index (χ0v) is 8.26. The van der Waals surface area contributed by atoms with Crippen molar-refractivity contribution in [3.63, 3.8) is 0 Å². The van der Waals surface area contributed by atoms with Gasteiger partial charge in [0.25, 0.3) is 0 Å². The van der Waals surface area contributed by atoms with Crippen LogP contribution in [0.2, 0.25) is 0 Å². The molecule has 0 amide bonds. The second kappa shape index (κ2) is 4.15. The molecule has 1 nitrogen and oxygen atoms in total. The normalized spacial score (nSPS) is 31.5. The van der Waals surface area contributed by atoms with Crippen molar-refractivity contribution in [1.29, 1.82) is 0 Å². The monoisotopic (exact) mass is 183 g/mol. The molecule has 0 heterocycles. The van der Waals surface area contributed by atoms with E-state index >= 15 is 0 Å². The number of nitrogens with two attached hydrogens (primary N) is 1. The first-order valence-electron chi connectivity index (χ1n) is 4.40. The predicted molar refractivity (Wildman–Crippen MR) is 56.8 cm³/mol. The Hall–Kier alpha value is -0.210. The highest BCUT2D eigenvalue weighted by molar-refractivity contribution is 7.77. The van der Waals surface area contributed by atoms with Crippen LogP contribution in [-0.2, 0) is 0 Å². The van der Waals surface area contributed by atoms with Crippen LogP contribution < -0.4 is 5.14 Å². The van der Waals surface area contributed by atoms with Crippen LogP contribution in [0, 0.1) is 17.8 Å². The molecule has 0 saturated heterocycles. The van der Waals surface area contributed by atoms with Crippen LogP contribution in [0.15, 0.2) is 24.8 Å². The van der Waals surface area contributed by atoms with Crippen molar-refractivity contribution in [2.24, 2.45) is 22.9 Å². The maximum Gasteiger partial charge on any atom is -0.0134 e. The first-order valence-corrected chi connectivity index (χ1v) is 4.91. The molecule has 2 heteroatoms. The number of thiol groups is 1. The third-order valence-corrected chi connectivity index (χ3v) is 2.72. The third kappa shape index (κ3) is 2.14. The van der Waals surface area contributed by atoms with Gasteiger partial charge in [-0.05, 0) is 37.0 Å². The summed E-state index contributed by atoms with van der Waals surface area (Å²) in [5.41, 5.74) is 1.52. The van der Waals surface area contributed by atoms with E-state index in [0.717, 1.165) is 17.8 Å². The molecule has 2 aliphatic carbocycles. The van der Waals surface area contributed by atoms with Crippen molar-refractivity contribution in [3.05, 3.63) is 24.8 Å². The SMILES string of the molecule is C=CC1CC1C(=C)C1CC1.NS. The standard InChI is InChI=1S/C10H14.H3NS/c1-3-8-6-10(8)7(2)9-4-5-9;1-2/h3,8-10H,1-2,4-6H2;2H,1H2. The van der Waals surface area contributed by atoms with Gasteiger partial charge in [0, 0.05) is 0 Å². The fourth-order valence-electron chi connectivity index (χ4n) is 1.66. The van der Waals surface area contributed by atoms with Crippen molar-refractivity contribution in [2.45, 2.75) is 19.3 Å². The minimum Gasteiger partial charge on any atom is -0.281 e. The van der Waals surface area contributed by atoms with Gasteiger partial charge in [0.05, 0.1) is 0 Å². The molecule has 2 atom stereocenters. The van der Waals surface area contributed by atoms with Crippen LogP contribution in [-0.4, -0.2) is 0 Å². The first-order chi connectivity index (χ1) is 5.83. The van der Waals surface area contributed by atoms with Crippen LogP contribution in [0.3, 0.4) is 0 Å². The lowest BCUT2D eigenvalue weighted by Gasteiger charge is -1.98. The van der Waals surface area contributed by atoms with E-state index < -0.39 is 0 Å². The highest BCUT2D eigenvalue weighted by Gasteiger charge is 2.41. The largest absolute Gasteiger partial charge is 0.281 e. The minimum absolute atomic E-state index is 0.785. The van der Waals surface area contributed by atoms with E-state index in [1.54, 1.807) is 0 Å². The Balaban J connectivity index is 0.000000336. The molecule has 2 unspecified atom stereocenters. The summed E-state index contributed by atoms with van der Waals surface area (Å²) >= 11 is 3.03. The number of hydrogen-bond acceptors (Lipinski definition) is 2. The Kier molecular flexibility index (Phi) is 3.41. The summed E-state index contributed by atoms with van der Waals surface area (Å²) < 4.78 is 0. The minimum atomic E-state index is 0.785. The average Bonchev–Trinajstić information content (AvgIpc) is 3.00. The molecular weight excluding hydrogens is 166 g/mol. The van der Waals surface area contributed by atoms with E-state index in [2.05, 4.69) is 37.2 Å². The molecule has 0 aliphatic heterocycles. The quantitative estimate of drug-likeness (QED) is 0.510. The highest BCUT2D eigenvalue weighted by atomic mass is 32.1. The van der Waals surface area contributed by atoms with Crippen molar-refractivity contribution >= 4 is 12.8 Å². The number of rotatable bonds is 3. The van der Waals surface area contributed by atoms with Crippen LogP contribution in [0.1, 0.15) is 19.3 Å². The van der Waals surface area contributed by atoms with Gasteiger partial charge < -0.3 is 0 Å². The topological polar surface area (TPSA) is 26.0 Å². The van der Waals surface area contributed by atoms with Crippen LogP contribution in [0.25, 0.3) is 0 Å². The van der Waals surface area contributed by atoms with Gasteiger partial charge >= 0.3 is 0 Å². The van der Waals surface area contributed by atoms with Crippen molar-refractivity contribution < 1.29 is 0 Å². The summed E-state index contributed by atoms with van der Waals surface area (Å²) in [6.45, 7) is 7.92. The Labute approximate surface area is 80.3 Å². The van der Waals surface area contributed by atoms with E-state index in [1.807, 2.05) is 0 Å². The summed E-state index contributed by atoms with van der Waals surface area (Å²) in [7, 11) is 0. The smallest absolute Gasteiger partial charge is 0.0134 e. The lowest BCUT2D eigenvalue weighted by atomic mass is 10.1. The van der Waals surface area contributed by atoms with Crippen LogP contribution in [0.5, 0.6) is 0 Å². The zero-order chi connectivity index (χ0) is 9.14. The molecule has 2 N–H and O–H groups in total. The van der Waals surface area contributed by atoms with E-state index in [-0.39, 0.29) is 0 Å². The van der Waals surface area contributed by atoms with Gasteiger partial charge in [-0.3, -0.25) is 5.14 Å². The van der Waals surface area contributed by atoms with Gasteiger partial charge in [-0.25, -0.2) is 0 Å². The van der Waals surface area contributed by atoms with Gasteiger partial charge in [-0.2, -0.15) is 0 Å². The summed E-state index contributed by atoms with van der Waals surface area (Å²) in [5.74, 6) is 2.51. The van der Waals surface area contributed by atoms with Crippen molar-refractivity contribution in [3.8, 4) is 0 Å². The van der Waals surface area contributed by atoms with Gasteiger partial charge in [0.2, 0.25) is 0 Å². The van der Waals surface area contributed by atoms with Gasteiger partial charge in [0.15, 0.2) is 0 Å². The molecule has 68 valence electrons. The predicted octanol–water partition coefficient (Wildman–Crippen LogP) is 2.56. The van der Waals surface area contributed by atoms with E-state index in [0.29, 0.717) is 0 Å². The molecule has 0 radical (unpaired) electrons. The molecule has 0 aromatic rings. The molecule has 0 aromatic heterocycles. The van der Waals surface area contributed by atoms with Crippen molar-refractivity contribution in [2.75, 3.05) is 0 Å². The van der Waals surface area contributed by atoms with E-state index in [1.165, 1.54) is 24.8 Å². The van der Waals surface area contributed by atoms with E-state index in [9.17, 15) is 0 Å². The molecular formula is C10H17NS.